The highest BCUT2D eigenvalue weighted by Gasteiger charge is 2.12. The first-order valence-electron chi connectivity index (χ1n) is 5.86. The van der Waals surface area contributed by atoms with E-state index in [2.05, 4.69) is 39.0 Å². The van der Waals surface area contributed by atoms with Gasteiger partial charge >= 0.3 is 0 Å². The predicted octanol–water partition coefficient (Wildman–Crippen LogP) is 3.59. The molecule has 0 fully saturated rings. The van der Waals surface area contributed by atoms with Gasteiger partial charge in [0.2, 0.25) is 0 Å². The molecular weight excluding hydrogens is 256 g/mol. The van der Waals surface area contributed by atoms with E-state index in [9.17, 15) is 0 Å². The first kappa shape index (κ1) is 11.8. The molecule has 0 aliphatic carbocycles. The molecule has 1 aromatic carbocycles. The van der Waals surface area contributed by atoms with Crippen LogP contribution in [0, 0.1) is 5.41 Å². The van der Waals surface area contributed by atoms with Gasteiger partial charge in [0.1, 0.15) is 11.4 Å². The van der Waals surface area contributed by atoms with E-state index in [1.807, 2.05) is 18.2 Å². The lowest BCUT2D eigenvalue weighted by Gasteiger charge is -2.02. The summed E-state index contributed by atoms with van der Waals surface area (Å²) < 4.78 is 0. The number of rotatable bonds is 3. The first-order valence-corrected chi connectivity index (χ1v) is 6.74. The normalized spacial score (nSPS) is 10.6. The predicted molar refractivity (Wildman–Crippen MR) is 77.6 cm³/mol. The number of benzene rings is 1. The van der Waals surface area contributed by atoms with Gasteiger partial charge in [-0.05, 0) is 30.0 Å². The van der Waals surface area contributed by atoms with Crippen LogP contribution in [0.2, 0.25) is 0 Å². The Kier molecular flexibility index (Phi) is 2.97. The van der Waals surface area contributed by atoms with Crippen molar-refractivity contribution in [3.63, 3.8) is 0 Å². The standard InChI is InChI=1S/C14H12N4S/c1-9(15)13-14(17-18-16-13)11-5-2-4-10(8-11)12-6-3-7-19-12/h2-8,15H,1H3,(H,16,17,18). The third kappa shape index (κ3) is 2.20. The molecule has 0 atom stereocenters. The van der Waals surface area contributed by atoms with Crippen molar-refractivity contribution in [1.82, 2.24) is 15.4 Å². The Labute approximate surface area is 114 Å². The van der Waals surface area contributed by atoms with E-state index in [4.69, 9.17) is 5.41 Å². The molecule has 2 aromatic heterocycles. The maximum Gasteiger partial charge on any atom is 0.134 e. The molecule has 94 valence electrons. The summed E-state index contributed by atoms with van der Waals surface area (Å²) in [6, 6.07) is 12.3. The molecule has 0 aliphatic heterocycles. The van der Waals surface area contributed by atoms with Crippen molar-refractivity contribution in [1.29, 1.82) is 5.41 Å². The monoisotopic (exact) mass is 268 g/mol. The Balaban J connectivity index is 2.09. The van der Waals surface area contributed by atoms with Gasteiger partial charge in [0.15, 0.2) is 0 Å². The Morgan fingerprint density at radius 1 is 1.16 bits per heavy atom. The second-order valence-corrected chi connectivity index (χ2v) is 5.15. The summed E-state index contributed by atoms with van der Waals surface area (Å²) in [5, 5.41) is 20.6. The maximum absolute atomic E-state index is 7.71. The molecule has 19 heavy (non-hydrogen) atoms. The van der Waals surface area contributed by atoms with Crippen molar-refractivity contribution in [2.24, 2.45) is 0 Å². The summed E-state index contributed by atoms with van der Waals surface area (Å²) in [7, 11) is 0. The summed E-state index contributed by atoms with van der Waals surface area (Å²) in [6.45, 7) is 1.71. The minimum Gasteiger partial charge on any atom is -0.303 e. The fraction of sp³-hybridized carbons (Fsp3) is 0.0714. The molecule has 0 saturated heterocycles. The van der Waals surface area contributed by atoms with Crippen LogP contribution in [-0.4, -0.2) is 21.1 Å². The van der Waals surface area contributed by atoms with Crippen molar-refractivity contribution >= 4 is 17.0 Å². The zero-order valence-electron chi connectivity index (χ0n) is 10.3. The van der Waals surface area contributed by atoms with Gasteiger partial charge in [-0.15, -0.1) is 11.3 Å². The van der Waals surface area contributed by atoms with Crippen LogP contribution in [0.25, 0.3) is 21.7 Å². The Bertz CT molecular complexity index is 713. The van der Waals surface area contributed by atoms with E-state index in [1.54, 1.807) is 18.3 Å². The smallest absolute Gasteiger partial charge is 0.134 e. The summed E-state index contributed by atoms with van der Waals surface area (Å²) in [6.07, 6.45) is 0. The number of hydrogen-bond acceptors (Lipinski definition) is 4. The molecular formula is C14H12N4S. The third-order valence-corrected chi connectivity index (χ3v) is 3.76. The fourth-order valence-electron chi connectivity index (χ4n) is 1.96. The van der Waals surface area contributed by atoms with Crippen molar-refractivity contribution in [3.8, 4) is 21.7 Å². The van der Waals surface area contributed by atoms with Crippen molar-refractivity contribution in [3.05, 3.63) is 47.5 Å². The average Bonchev–Trinajstić information content (AvgIpc) is 3.10. The Hall–Kier alpha value is -2.27. The van der Waals surface area contributed by atoms with Crippen LogP contribution in [-0.2, 0) is 0 Å². The fourth-order valence-corrected chi connectivity index (χ4v) is 2.68. The second-order valence-electron chi connectivity index (χ2n) is 4.20. The van der Waals surface area contributed by atoms with E-state index in [1.165, 1.54) is 4.88 Å². The third-order valence-electron chi connectivity index (χ3n) is 2.84. The molecule has 0 aliphatic rings. The number of H-pyrrole nitrogens is 1. The maximum atomic E-state index is 7.71. The van der Waals surface area contributed by atoms with Crippen molar-refractivity contribution in [2.45, 2.75) is 6.92 Å². The van der Waals surface area contributed by atoms with E-state index >= 15 is 0 Å². The van der Waals surface area contributed by atoms with Crippen LogP contribution in [0.1, 0.15) is 12.6 Å². The first-order chi connectivity index (χ1) is 9.25. The highest BCUT2D eigenvalue weighted by Crippen LogP contribution is 2.29. The van der Waals surface area contributed by atoms with Gasteiger partial charge in [-0.25, -0.2) is 0 Å². The quantitative estimate of drug-likeness (QED) is 0.713. The van der Waals surface area contributed by atoms with Gasteiger partial charge in [-0.2, -0.15) is 15.4 Å². The zero-order valence-corrected chi connectivity index (χ0v) is 11.2. The van der Waals surface area contributed by atoms with Gasteiger partial charge in [-0.3, -0.25) is 0 Å². The van der Waals surface area contributed by atoms with Crippen molar-refractivity contribution < 1.29 is 0 Å². The zero-order chi connectivity index (χ0) is 13.2. The molecule has 3 rings (SSSR count). The number of nitrogens with one attached hydrogen (secondary N) is 2. The molecule has 0 saturated carbocycles. The largest absolute Gasteiger partial charge is 0.303 e. The van der Waals surface area contributed by atoms with E-state index in [0.717, 1.165) is 16.8 Å². The molecule has 0 bridgehead atoms. The molecule has 5 heteroatoms. The summed E-state index contributed by atoms with van der Waals surface area (Å²) in [5.41, 5.74) is 3.87. The highest BCUT2D eigenvalue weighted by atomic mass is 32.1. The lowest BCUT2D eigenvalue weighted by atomic mass is 10.0. The molecule has 3 aromatic rings. The molecule has 4 nitrogen and oxygen atoms in total. The van der Waals surface area contributed by atoms with Crippen LogP contribution >= 0.6 is 11.3 Å². The van der Waals surface area contributed by atoms with Crippen LogP contribution < -0.4 is 0 Å². The number of hydrogen-bond donors (Lipinski definition) is 2. The second kappa shape index (κ2) is 4.78. The average molecular weight is 268 g/mol. The SMILES string of the molecule is CC(=N)c1n[nH]nc1-c1cccc(-c2cccs2)c1. The molecule has 0 spiro atoms. The van der Waals surface area contributed by atoms with Crippen LogP contribution in [0.3, 0.4) is 0 Å². The summed E-state index contributed by atoms with van der Waals surface area (Å²) >= 11 is 1.71. The lowest BCUT2D eigenvalue weighted by Crippen LogP contribution is -1.95. The van der Waals surface area contributed by atoms with E-state index in [-0.39, 0.29) is 0 Å². The molecule has 2 heterocycles. The minimum absolute atomic E-state index is 0.408. The van der Waals surface area contributed by atoms with Gasteiger partial charge in [-0.1, -0.05) is 24.3 Å². The number of aromatic nitrogens is 3. The Morgan fingerprint density at radius 3 is 2.74 bits per heavy atom. The lowest BCUT2D eigenvalue weighted by molar-refractivity contribution is 0.938. The van der Waals surface area contributed by atoms with Crippen LogP contribution in [0.4, 0.5) is 0 Å². The van der Waals surface area contributed by atoms with E-state index in [0.29, 0.717) is 11.4 Å². The summed E-state index contributed by atoms with van der Waals surface area (Å²) in [4.78, 5) is 1.22. The number of aromatic amines is 1. The highest BCUT2D eigenvalue weighted by molar-refractivity contribution is 7.13. The van der Waals surface area contributed by atoms with Crippen LogP contribution in [0.5, 0.6) is 0 Å². The van der Waals surface area contributed by atoms with Crippen molar-refractivity contribution in [2.75, 3.05) is 0 Å². The molecule has 2 N–H and O–H groups in total. The molecule has 0 radical (unpaired) electrons. The van der Waals surface area contributed by atoms with Crippen LogP contribution in [0.15, 0.2) is 41.8 Å². The number of thiophene rings is 1. The topological polar surface area (TPSA) is 65.4 Å². The van der Waals surface area contributed by atoms with E-state index < -0.39 is 0 Å². The van der Waals surface area contributed by atoms with Gasteiger partial charge in [0.05, 0.1) is 5.71 Å². The van der Waals surface area contributed by atoms with Gasteiger partial charge in [0.25, 0.3) is 0 Å². The number of nitrogens with zero attached hydrogens (tertiary/aromatic N) is 2. The minimum atomic E-state index is 0.408. The van der Waals surface area contributed by atoms with Gasteiger partial charge < -0.3 is 5.41 Å². The molecule has 0 amide bonds. The van der Waals surface area contributed by atoms with Gasteiger partial charge in [0, 0.05) is 10.4 Å². The summed E-state index contributed by atoms with van der Waals surface area (Å²) in [5.74, 6) is 0. The Morgan fingerprint density at radius 2 is 2.00 bits per heavy atom. The molecule has 0 unspecified atom stereocenters.